The van der Waals surface area contributed by atoms with Crippen LogP contribution in [0.4, 0.5) is 5.69 Å². The average molecular weight is 309 g/mol. The standard InChI is InChI=1S/C21H27NO/c1-20(2,3)16-11-7-8-13-18(16)22-14-15-10-9-12-17(19(15)23)21(4,5)6/h7-14,23H,1-6H3. The van der Waals surface area contributed by atoms with Gasteiger partial charge in [-0.3, -0.25) is 4.99 Å². The topological polar surface area (TPSA) is 32.6 Å². The number of phenols is 1. The molecular weight excluding hydrogens is 282 g/mol. The van der Waals surface area contributed by atoms with E-state index in [-0.39, 0.29) is 10.8 Å². The maximum Gasteiger partial charge on any atom is 0.128 e. The number of phenolic OH excluding ortho intramolecular Hbond substituents is 1. The molecule has 2 aromatic rings. The molecular formula is C21H27NO. The Balaban J connectivity index is 2.44. The van der Waals surface area contributed by atoms with Crippen molar-refractivity contribution >= 4 is 11.9 Å². The highest BCUT2D eigenvalue weighted by atomic mass is 16.3. The number of aromatic hydroxyl groups is 1. The van der Waals surface area contributed by atoms with Crippen LogP contribution >= 0.6 is 0 Å². The van der Waals surface area contributed by atoms with E-state index in [1.807, 2.05) is 36.4 Å². The largest absolute Gasteiger partial charge is 0.507 e. The molecule has 0 bridgehead atoms. The Morgan fingerprint density at radius 3 is 1.96 bits per heavy atom. The predicted octanol–water partition coefficient (Wildman–Crippen LogP) is 5.74. The van der Waals surface area contributed by atoms with Crippen LogP contribution in [0, 0.1) is 0 Å². The van der Waals surface area contributed by atoms with Crippen molar-refractivity contribution in [1.29, 1.82) is 0 Å². The SMILES string of the molecule is CC(C)(C)c1ccccc1N=Cc1cccc(C(C)(C)C)c1O. The molecule has 2 aromatic carbocycles. The maximum atomic E-state index is 10.5. The van der Waals surface area contributed by atoms with Crippen molar-refractivity contribution in [2.24, 2.45) is 4.99 Å². The second-order valence-electron chi connectivity index (χ2n) is 8.02. The first-order valence-electron chi connectivity index (χ1n) is 8.07. The minimum absolute atomic E-state index is 0.0310. The summed E-state index contributed by atoms with van der Waals surface area (Å²) in [5.74, 6) is 0.317. The molecule has 0 unspecified atom stereocenters. The van der Waals surface area contributed by atoms with Gasteiger partial charge in [0.25, 0.3) is 0 Å². The fourth-order valence-corrected chi connectivity index (χ4v) is 2.63. The van der Waals surface area contributed by atoms with E-state index in [9.17, 15) is 5.11 Å². The highest BCUT2D eigenvalue weighted by Gasteiger charge is 2.20. The molecule has 0 spiro atoms. The molecule has 0 fully saturated rings. The predicted molar refractivity (Wildman–Crippen MR) is 99.2 cm³/mol. The molecule has 122 valence electrons. The van der Waals surface area contributed by atoms with E-state index in [0.29, 0.717) is 5.75 Å². The zero-order chi connectivity index (χ0) is 17.3. The maximum absolute atomic E-state index is 10.5. The molecule has 0 aliphatic carbocycles. The Bertz CT molecular complexity index is 715. The highest BCUT2D eigenvalue weighted by molar-refractivity contribution is 5.86. The highest BCUT2D eigenvalue weighted by Crippen LogP contribution is 2.34. The van der Waals surface area contributed by atoms with Crippen LogP contribution in [0.1, 0.15) is 58.2 Å². The number of hydrogen-bond donors (Lipinski definition) is 1. The van der Waals surface area contributed by atoms with Crippen molar-refractivity contribution in [3.05, 3.63) is 59.2 Å². The number of rotatable bonds is 2. The normalized spacial score (nSPS) is 12.8. The monoisotopic (exact) mass is 309 g/mol. The summed E-state index contributed by atoms with van der Waals surface area (Å²) in [6, 6.07) is 14.0. The second-order valence-corrected chi connectivity index (χ2v) is 8.02. The summed E-state index contributed by atoms with van der Waals surface area (Å²) in [6.07, 6.45) is 1.76. The Hall–Kier alpha value is -2.09. The number of aliphatic imine (C=N–C) groups is 1. The first-order valence-corrected chi connectivity index (χ1v) is 8.07. The van der Waals surface area contributed by atoms with Crippen molar-refractivity contribution in [3.63, 3.8) is 0 Å². The Kier molecular flexibility index (Phi) is 4.65. The molecule has 0 atom stereocenters. The van der Waals surface area contributed by atoms with Gasteiger partial charge in [0.05, 0.1) is 5.69 Å². The van der Waals surface area contributed by atoms with E-state index in [1.165, 1.54) is 5.56 Å². The van der Waals surface area contributed by atoms with Crippen LogP contribution in [0.5, 0.6) is 5.75 Å². The number of nitrogens with zero attached hydrogens (tertiary/aromatic N) is 1. The van der Waals surface area contributed by atoms with Gasteiger partial charge in [-0.05, 0) is 34.1 Å². The summed E-state index contributed by atoms with van der Waals surface area (Å²) in [4.78, 5) is 4.64. The van der Waals surface area contributed by atoms with E-state index >= 15 is 0 Å². The molecule has 0 saturated heterocycles. The second kappa shape index (κ2) is 6.19. The van der Waals surface area contributed by atoms with Gasteiger partial charge < -0.3 is 5.11 Å². The number of para-hydroxylation sites is 2. The summed E-state index contributed by atoms with van der Waals surface area (Å²) in [5.41, 5.74) is 3.76. The van der Waals surface area contributed by atoms with Crippen LogP contribution in [0.15, 0.2) is 47.5 Å². The van der Waals surface area contributed by atoms with Crippen LogP contribution in [-0.4, -0.2) is 11.3 Å². The third-order valence-electron chi connectivity index (χ3n) is 3.93. The van der Waals surface area contributed by atoms with Gasteiger partial charge in [-0.1, -0.05) is 71.9 Å². The Morgan fingerprint density at radius 2 is 1.35 bits per heavy atom. The smallest absolute Gasteiger partial charge is 0.128 e. The van der Waals surface area contributed by atoms with Crippen LogP contribution in [0.3, 0.4) is 0 Å². The third kappa shape index (κ3) is 4.01. The summed E-state index contributed by atoms with van der Waals surface area (Å²) in [6.45, 7) is 12.8. The molecule has 2 rings (SSSR count). The lowest BCUT2D eigenvalue weighted by molar-refractivity contribution is 0.446. The fourth-order valence-electron chi connectivity index (χ4n) is 2.63. The lowest BCUT2D eigenvalue weighted by Crippen LogP contribution is -2.12. The molecule has 1 N–H and O–H groups in total. The van der Waals surface area contributed by atoms with Gasteiger partial charge in [-0.15, -0.1) is 0 Å². The van der Waals surface area contributed by atoms with Gasteiger partial charge in [0.15, 0.2) is 0 Å². The van der Waals surface area contributed by atoms with Crippen molar-refractivity contribution in [2.45, 2.75) is 52.4 Å². The molecule has 0 aliphatic heterocycles. The van der Waals surface area contributed by atoms with Gasteiger partial charge in [0.1, 0.15) is 5.75 Å². The summed E-state index contributed by atoms with van der Waals surface area (Å²) in [7, 11) is 0. The van der Waals surface area contributed by atoms with E-state index < -0.39 is 0 Å². The lowest BCUT2D eigenvalue weighted by atomic mass is 9.85. The summed E-state index contributed by atoms with van der Waals surface area (Å²) in [5, 5.41) is 10.5. The lowest BCUT2D eigenvalue weighted by Gasteiger charge is -2.21. The fraction of sp³-hybridized carbons (Fsp3) is 0.381. The Labute approximate surface area is 139 Å². The molecule has 0 aliphatic rings. The van der Waals surface area contributed by atoms with Gasteiger partial charge in [0, 0.05) is 11.8 Å². The zero-order valence-corrected chi connectivity index (χ0v) is 15.0. The minimum atomic E-state index is -0.1000. The molecule has 0 radical (unpaired) electrons. The zero-order valence-electron chi connectivity index (χ0n) is 15.0. The average Bonchev–Trinajstić information content (AvgIpc) is 2.44. The number of hydrogen-bond acceptors (Lipinski definition) is 2. The van der Waals surface area contributed by atoms with Crippen LogP contribution in [0.2, 0.25) is 0 Å². The van der Waals surface area contributed by atoms with E-state index in [1.54, 1.807) is 6.21 Å². The molecule has 0 saturated carbocycles. The molecule has 2 nitrogen and oxygen atoms in total. The van der Waals surface area contributed by atoms with Gasteiger partial charge >= 0.3 is 0 Å². The van der Waals surface area contributed by atoms with E-state index in [4.69, 9.17) is 0 Å². The van der Waals surface area contributed by atoms with Gasteiger partial charge in [0.2, 0.25) is 0 Å². The van der Waals surface area contributed by atoms with Crippen molar-refractivity contribution in [3.8, 4) is 5.75 Å². The van der Waals surface area contributed by atoms with E-state index in [2.05, 4.69) is 52.6 Å². The first-order chi connectivity index (χ1) is 10.6. The van der Waals surface area contributed by atoms with Gasteiger partial charge in [-0.25, -0.2) is 0 Å². The molecule has 2 heteroatoms. The van der Waals surface area contributed by atoms with Crippen molar-refractivity contribution in [1.82, 2.24) is 0 Å². The van der Waals surface area contributed by atoms with Gasteiger partial charge in [-0.2, -0.15) is 0 Å². The molecule has 0 aromatic heterocycles. The van der Waals surface area contributed by atoms with Crippen molar-refractivity contribution < 1.29 is 5.11 Å². The molecule has 23 heavy (non-hydrogen) atoms. The van der Waals surface area contributed by atoms with Crippen molar-refractivity contribution in [2.75, 3.05) is 0 Å². The number of benzene rings is 2. The van der Waals surface area contributed by atoms with Crippen LogP contribution in [0.25, 0.3) is 0 Å². The van der Waals surface area contributed by atoms with E-state index in [0.717, 1.165) is 16.8 Å². The first kappa shape index (κ1) is 17.3. The molecule has 0 amide bonds. The quantitative estimate of drug-likeness (QED) is 0.705. The summed E-state index contributed by atoms with van der Waals surface area (Å²) < 4.78 is 0. The minimum Gasteiger partial charge on any atom is -0.507 e. The molecule has 0 heterocycles. The van der Waals surface area contributed by atoms with Crippen LogP contribution < -0.4 is 0 Å². The van der Waals surface area contributed by atoms with Crippen LogP contribution in [-0.2, 0) is 10.8 Å². The summed E-state index contributed by atoms with van der Waals surface area (Å²) >= 11 is 0. The Morgan fingerprint density at radius 1 is 0.783 bits per heavy atom. The third-order valence-corrected chi connectivity index (χ3v) is 3.93.